The fraction of sp³-hybridized carbons (Fsp3) is 0.312. The SMILES string of the molecule is Cc1ccc(F)c(C(=O)N2Cc3nc(C)n(C)c(=O)c3C2)c1Cl. The molecular weight excluding hydrogens is 321 g/mol. The Kier molecular flexibility index (Phi) is 3.72. The van der Waals surface area contributed by atoms with Gasteiger partial charge >= 0.3 is 0 Å². The van der Waals surface area contributed by atoms with Crippen molar-refractivity contribution in [2.24, 2.45) is 7.05 Å². The number of amides is 1. The largest absolute Gasteiger partial charge is 0.328 e. The molecule has 0 N–H and O–H groups in total. The molecule has 7 heteroatoms. The highest BCUT2D eigenvalue weighted by molar-refractivity contribution is 6.34. The van der Waals surface area contributed by atoms with Gasteiger partial charge in [-0.1, -0.05) is 17.7 Å². The van der Waals surface area contributed by atoms with Gasteiger partial charge in [-0.15, -0.1) is 0 Å². The summed E-state index contributed by atoms with van der Waals surface area (Å²) in [4.78, 5) is 30.7. The van der Waals surface area contributed by atoms with Crippen LogP contribution in [0.1, 0.15) is 33.0 Å². The van der Waals surface area contributed by atoms with E-state index in [1.807, 2.05) is 0 Å². The van der Waals surface area contributed by atoms with Crippen molar-refractivity contribution in [3.8, 4) is 0 Å². The average molecular weight is 336 g/mol. The Morgan fingerprint density at radius 1 is 1.30 bits per heavy atom. The summed E-state index contributed by atoms with van der Waals surface area (Å²) in [6, 6.07) is 2.74. The first-order valence-electron chi connectivity index (χ1n) is 7.10. The van der Waals surface area contributed by atoms with Crippen LogP contribution in [0.5, 0.6) is 0 Å². The standard InChI is InChI=1S/C16H15ClFN3O2/c1-8-4-5-11(18)13(14(8)17)16(23)21-6-10-12(7-21)19-9(2)20(3)15(10)22/h4-5H,6-7H2,1-3H3. The van der Waals surface area contributed by atoms with Gasteiger partial charge in [-0.2, -0.15) is 0 Å². The number of hydrogen-bond donors (Lipinski definition) is 0. The number of benzene rings is 1. The van der Waals surface area contributed by atoms with Gasteiger partial charge in [-0.25, -0.2) is 9.37 Å². The molecule has 1 aliphatic rings. The maximum atomic E-state index is 14.1. The first kappa shape index (κ1) is 15.7. The summed E-state index contributed by atoms with van der Waals surface area (Å²) in [5.41, 5.74) is 1.31. The van der Waals surface area contributed by atoms with Crippen molar-refractivity contribution in [3.05, 3.63) is 61.5 Å². The van der Waals surface area contributed by atoms with Crippen molar-refractivity contribution < 1.29 is 9.18 Å². The van der Waals surface area contributed by atoms with Gasteiger partial charge in [0.1, 0.15) is 11.6 Å². The fourth-order valence-electron chi connectivity index (χ4n) is 2.68. The van der Waals surface area contributed by atoms with Crippen LogP contribution in [0.15, 0.2) is 16.9 Å². The molecule has 0 saturated heterocycles. The molecule has 0 bridgehead atoms. The summed E-state index contributed by atoms with van der Waals surface area (Å²) in [7, 11) is 1.63. The molecule has 1 aromatic heterocycles. The van der Waals surface area contributed by atoms with Gasteiger partial charge in [-0.3, -0.25) is 14.2 Å². The minimum Gasteiger partial charge on any atom is -0.328 e. The predicted molar refractivity (Wildman–Crippen MR) is 83.9 cm³/mol. The van der Waals surface area contributed by atoms with E-state index in [4.69, 9.17) is 11.6 Å². The number of rotatable bonds is 1. The van der Waals surface area contributed by atoms with Crippen molar-refractivity contribution in [2.45, 2.75) is 26.9 Å². The third-order valence-electron chi connectivity index (χ3n) is 4.17. The van der Waals surface area contributed by atoms with Crippen LogP contribution in [-0.2, 0) is 20.1 Å². The number of aryl methyl sites for hydroxylation is 2. The van der Waals surface area contributed by atoms with E-state index >= 15 is 0 Å². The van der Waals surface area contributed by atoms with Gasteiger partial charge in [0.05, 0.1) is 34.9 Å². The van der Waals surface area contributed by atoms with Crippen molar-refractivity contribution in [1.29, 1.82) is 0 Å². The van der Waals surface area contributed by atoms with E-state index in [0.29, 0.717) is 22.6 Å². The minimum absolute atomic E-state index is 0.1000. The summed E-state index contributed by atoms with van der Waals surface area (Å²) < 4.78 is 15.5. The number of aromatic nitrogens is 2. The second-order valence-electron chi connectivity index (χ2n) is 5.66. The van der Waals surface area contributed by atoms with E-state index in [9.17, 15) is 14.0 Å². The molecule has 2 heterocycles. The van der Waals surface area contributed by atoms with E-state index in [2.05, 4.69) is 4.98 Å². The molecule has 0 spiro atoms. The third-order valence-corrected chi connectivity index (χ3v) is 4.66. The molecule has 23 heavy (non-hydrogen) atoms. The van der Waals surface area contributed by atoms with E-state index in [1.165, 1.54) is 21.6 Å². The highest BCUT2D eigenvalue weighted by Crippen LogP contribution is 2.28. The molecule has 1 aromatic carbocycles. The molecule has 0 atom stereocenters. The molecule has 2 aromatic rings. The summed E-state index contributed by atoms with van der Waals surface area (Å²) >= 11 is 6.10. The van der Waals surface area contributed by atoms with Crippen LogP contribution in [0.3, 0.4) is 0 Å². The lowest BCUT2D eigenvalue weighted by atomic mass is 10.1. The first-order chi connectivity index (χ1) is 10.8. The maximum Gasteiger partial charge on any atom is 0.259 e. The lowest BCUT2D eigenvalue weighted by Gasteiger charge is -2.17. The van der Waals surface area contributed by atoms with E-state index in [0.717, 1.165) is 0 Å². The molecule has 0 aliphatic carbocycles. The summed E-state index contributed by atoms with van der Waals surface area (Å²) in [6.45, 7) is 3.72. The van der Waals surface area contributed by atoms with Crippen LogP contribution < -0.4 is 5.56 Å². The number of halogens is 2. The van der Waals surface area contributed by atoms with Gasteiger partial charge in [0.15, 0.2) is 0 Å². The van der Waals surface area contributed by atoms with Crippen molar-refractivity contribution in [3.63, 3.8) is 0 Å². The molecule has 0 fully saturated rings. The number of carbonyl (C=O) groups is 1. The van der Waals surface area contributed by atoms with Crippen molar-refractivity contribution >= 4 is 17.5 Å². The van der Waals surface area contributed by atoms with Crippen LogP contribution in [0.25, 0.3) is 0 Å². The zero-order valence-corrected chi connectivity index (χ0v) is 13.7. The van der Waals surface area contributed by atoms with E-state index < -0.39 is 11.7 Å². The Bertz CT molecular complexity index is 892. The highest BCUT2D eigenvalue weighted by Gasteiger charge is 2.31. The number of carbonyl (C=O) groups excluding carboxylic acids is 1. The average Bonchev–Trinajstić information content (AvgIpc) is 2.93. The quantitative estimate of drug-likeness (QED) is 0.804. The third kappa shape index (κ3) is 2.43. The van der Waals surface area contributed by atoms with Gasteiger partial charge in [0.25, 0.3) is 11.5 Å². The normalized spacial score (nSPS) is 13.3. The molecule has 0 unspecified atom stereocenters. The zero-order valence-electron chi connectivity index (χ0n) is 13.0. The summed E-state index contributed by atoms with van der Waals surface area (Å²) in [6.07, 6.45) is 0. The van der Waals surface area contributed by atoms with E-state index in [1.54, 1.807) is 20.9 Å². The zero-order chi connectivity index (χ0) is 16.9. The van der Waals surface area contributed by atoms with Crippen LogP contribution in [-0.4, -0.2) is 20.4 Å². The van der Waals surface area contributed by atoms with Gasteiger partial charge in [-0.05, 0) is 25.5 Å². The summed E-state index contributed by atoms with van der Waals surface area (Å²) in [5, 5.41) is 0.1000. The van der Waals surface area contributed by atoms with Gasteiger partial charge in [0.2, 0.25) is 0 Å². The number of fused-ring (bicyclic) bond motifs is 1. The van der Waals surface area contributed by atoms with E-state index in [-0.39, 0.29) is 29.2 Å². The molecular formula is C16H15ClFN3O2. The van der Waals surface area contributed by atoms with Crippen LogP contribution in [0, 0.1) is 19.7 Å². The second-order valence-corrected chi connectivity index (χ2v) is 6.04. The number of nitrogens with zero attached hydrogens (tertiary/aromatic N) is 3. The Balaban J connectivity index is 2.00. The molecule has 0 saturated carbocycles. The Hall–Kier alpha value is -2.21. The highest BCUT2D eigenvalue weighted by atomic mass is 35.5. The molecule has 5 nitrogen and oxygen atoms in total. The van der Waals surface area contributed by atoms with Crippen molar-refractivity contribution in [2.75, 3.05) is 0 Å². The number of hydrogen-bond acceptors (Lipinski definition) is 3. The van der Waals surface area contributed by atoms with Crippen molar-refractivity contribution in [1.82, 2.24) is 14.5 Å². The Morgan fingerprint density at radius 3 is 2.70 bits per heavy atom. The topological polar surface area (TPSA) is 55.2 Å². The Morgan fingerprint density at radius 2 is 2.00 bits per heavy atom. The smallest absolute Gasteiger partial charge is 0.259 e. The van der Waals surface area contributed by atoms with Crippen LogP contribution in [0.4, 0.5) is 4.39 Å². The van der Waals surface area contributed by atoms with Crippen LogP contribution in [0.2, 0.25) is 5.02 Å². The maximum absolute atomic E-state index is 14.1. The predicted octanol–water partition coefficient (Wildman–Crippen LogP) is 2.35. The lowest BCUT2D eigenvalue weighted by molar-refractivity contribution is 0.0745. The fourth-order valence-corrected chi connectivity index (χ4v) is 2.92. The lowest BCUT2D eigenvalue weighted by Crippen LogP contribution is -2.28. The molecule has 120 valence electrons. The molecule has 1 amide bonds. The van der Waals surface area contributed by atoms with Gasteiger partial charge < -0.3 is 4.90 Å². The Labute approximate surface area is 137 Å². The summed E-state index contributed by atoms with van der Waals surface area (Å²) in [5.74, 6) is -0.629. The minimum atomic E-state index is -0.668. The first-order valence-corrected chi connectivity index (χ1v) is 7.48. The molecule has 1 aliphatic heterocycles. The second kappa shape index (κ2) is 5.45. The molecule has 0 radical (unpaired) electrons. The monoisotopic (exact) mass is 335 g/mol. The van der Waals surface area contributed by atoms with Gasteiger partial charge in [0, 0.05) is 7.05 Å². The molecule has 3 rings (SSSR count). The van der Waals surface area contributed by atoms with Crippen LogP contribution >= 0.6 is 11.6 Å².